The van der Waals surface area contributed by atoms with Crippen molar-refractivity contribution in [2.45, 2.75) is 24.3 Å². The van der Waals surface area contributed by atoms with Crippen LogP contribution in [0.4, 0.5) is 35.2 Å². The summed E-state index contributed by atoms with van der Waals surface area (Å²) < 4.78 is 45.5. The molecular weight excluding hydrogens is 497 g/mol. The van der Waals surface area contributed by atoms with Gasteiger partial charge in [-0.2, -0.15) is 13.2 Å². The third-order valence-electron chi connectivity index (χ3n) is 6.86. The van der Waals surface area contributed by atoms with Gasteiger partial charge in [-0.15, -0.1) is 16.7 Å². The largest absolute Gasteiger partial charge is 0.481 e. The monoisotopic (exact) mass is 518 g/mol. The highest BCUT2D eigenvalue weighted by Gasteiger charge is 2.65. The minimum absolute atomic E-state index is 0.0506. The third-order valence-corrected chi connectivity index (χ3v) is 6.86. The van der Waals surface area contributed by atoms with Crippen LogP contribution in [0.3, 0.4) is 0 Å². The van der Waals surface area contributed by atoms with Gasteiger partial charge in [-0.25, -0.2) is 9.78 Å². The van der Waals surface area contributed by atoms with Gasteiger partial charge in [0.05, 0.1) is 17.4 Å². The molecule has 38 heavy (non-hydrogen) atoms. The van der Waals surface area contributed by atoms with E-state index in [9.17, 15) is 18.0 Å². The molecule has 1 N–H and O–H groups in total. The second kappa shape index (κ2) is 8.76. The number of anilines is 3. The van der Waals surface area contributed by atoms with Crippen molar-refractivity contribution in [1.29, 1.82) is 0 Å². The number of rotatable bonds is 5. The van der Waals surface area contributed by atoms with E-state index in [1.165, 1.54) is 12.1 Å². The van der Waals surface area contributed by atoms with E-state index in [4.69, 9.17) is 16.1 Å². The molecule has 4 heterocycles. The van der Waals surface area contributed by atoms with E-state index < -0.39 is 11.8 Å². The Morgan fingerprint density at radius 2 is 1.95 bits per heavy atom. The number of ether oxygens (including phenoxy) is 1. The summed E-state index contributed by atoms with van der Waals surface area (Å²) >= 11 is 0. The lowest BCUT2D eigenvalue weighted by Gasteiger charge is -2.36. The minimum Gasteiger partial charge on any atom is -0.481 e. The molecule has 3 aromatic rings. The molecule has 1 saturated heterocycles. The van der Waals surface area contributed by atoms with Crippen LogP contribution in [0.15, 0.2) is 70.9 Å². The number of terminal acetylenes is 1. The van der Waals surface area contributed by atoms with Crippen molar-refractivity contribution in [3.05, 3.63) is 66.2 Å². The molecule has 1 atom stereocenters. The molecule has 3 aliphatic heterocycles. The molecule has 2 amide bonds. The zero-order chi connectivity index (χ0) is 26.5. The predicted molar refractivity (Wildman–Crippen MR) is 135 cm³/mol. The maximum Gasteiger partial charge on any atom is 0.442 e. The minimum atomic E-state index is -4.59. The maximum absolute atomic E-state index is 13.5. The summed E-state index contributed by atoms with van der Waals surface area (Å²) in [5.74, 6) is 3.44. The van der Waals surface area contributed by atoms with E-state index in [1.807, 2.05) is 6.07 Å². The molecule has 8 nitrogen and oxygen atoms in total. The highest BCUT2D eigenvalue weighted by Crippen LogP contribution is 2.52. The lowest BCUT2D eigenvalue weighted by Crippen LogP contribution is -2.48. The van der Waals surface area contributed by atoms with Gasteiger partial charge in [-0.3, -0.25) is 4.90 Å². The number of halogens is 3. The molecule has 0 radical (unpaired) electrons. The fraction of sp³-hybridized carbons (Fsp3) is 0.259. The van der Waals surface area contributed by atoms with Gasteiger partial charge < -0.3 is 15.0 Å². The summed E-state index contributed by atoms with van der Waals surface area (Å²) in [6.07, 6.45) is 1.45. The number of benzene rings is 2. The Hall–Kier alpha value is -4.59. The van der Waals surface area contributed by atoms with E-state index in [0.29, 0.717) is 35.1 Å². The number of pyridine rings is 1. The van der Waals surface area contributed by atoms with Crippen LogP contribution >= 0.6 is 0 Å². The molecule has 6 rings (SSSR count). The Bertz CT molecular complexity index is 1480. The first-order chi connectivity index (χ1) is 18.3. The zero-order valence-electron chi connectivity index (χ0n) is 19.9. The number of carbonyl (C=O) groups is 1. The van der Waals surface area contributed by atoms with E-state index in [1.54, 1.807) is 47.4 Å². The molecule has 11 heteroatoms. The Labute approximate surface area is 216 Å². The average molecular weight is 518 g/mol. The summed E-state index contributed by atoms with van der Waals surface area (Å²) in [6.45, 7) is 1.59. The van der Waals surface area contributed by atoms with Gasteiger partial charge in [-0.1, -0.05) is 36.3 Å². The third kappa shape index (κ3) is 3.98. The van der Waals surface area contributed by atoms with E-state index >= 15 is 0 Å². The van der Waals surface area contributed by atoms with Crippen molar-refractivity contribution < 1.29 is 22.7 Å². The molecule has 0 aliphatic carbocycles. The van der Waals surface area contributed by atoms with Crippen molar-refractivity contribution in [2.75, 3.05) is 34.8 Å². The summed E-state index contributed by atoms with van der Waals surface area (Å²) in [7, 11) is 0. The SMILES string of the molecule is C#CCOc1cccc(NC(=O)N2c3nc(-c4ccc(C5(C(F)(F)F)N=N5)cc4)ccc3N3CC[C@H]2C3)c1. The van der Waals surface area contributed by atoms with Gasteiger partial charge in [-0.05, 0) is 30.7 Å². The number of fused-ring (bicyclic) bond motifs is 4. The smallest absolute Gasteiger partial charge is 0.442 e. The second-order valence-electron chi connectivity index (χ2n) is 9.20. The van der Waals surface area contributed by atoms with Crippen LogP contribution < -0.4 is 19.9 Å². The van der Waals surface area contributed by atoms with Gasteiger partial charge in [0.2, 0.25) is 0 Å². The Morgan fingerprint density at radius 3 is 2.66 bits per heavy atom. The number of amides is 2. The molecule has 3 aliphatic rings. The molecule has 0 saturated carbocycles. The molecule has 2 bridgehead atoms. The topological polar surface area (TPSA) is 82.4 Å². The lowest BCUT2D eigenvalue weighted by molar-refractivity contribution is -0.166. The first kappa shape index (κ1) is 23.8. The summed E-state index contributed by atoms with van der Waals surface area (Å²) in [5.41, 5.74) is -0.00322. The van der Waals surface area contributed by atoms with E-state index in [2.05, 4.69) is 26.4 Å². The normalized spacial score (nSPS) is 18.5. The summed E-state index contributed by atoms with van der Waals surface area (Å²) in [5, 5.41) is 9.43. The Balaban J connectivity index is 1.29. The summed E-state index contributed by atoms with van der Waals surface area (Å²) in [4.78, 5) is 22.1. The molecule has 0 unspecified atom stereocenters. The van der Waals surface area contributed by atoms with Gasteiger partial charge in [0, 0.05) is 36.0 Å². The molecule has 1 fully saturated rings. The van der Waals surface area contributed by atoms with Crippen LogP contribution in [-0.2, 0) is 5.66 Å². The zero-order valence-corrected chi connectivity index (χ0v) is 19.9. The van der Waals surface area contributed by atoms with Crippen LogP contribution in [0.5, 0.6) is 5.75 Å². The predicted octanol–water partition coefficient (Wildman–Crippen LogP) is 5.57. The molecular formula is C27H21F3N6O2. The van der Waals surface area contributed by atoms with Crippen LogP contribution in [-0.4, -0.2) is 42.9 Å². The lowest BCUT2D eigenvalue weighted by atomic mass is 10.00. The van der Waals surface area contributed by atoms with Crippen molar-refractivity contribution in [1.82, 2.24) is 4.98 Å². The Morgan fingerprint density at radius 1 is 1.16 bits per heavy atom. The summed E-state index contributed by atoms with van der Waals surface area (Å²) in [6, 6.07) is 16.1. The van der Waals surface area contributed by atoms with Crippen LogP contribution in [0.1, 0.15) is 12.0 Å². The van der Waals surface area contributed by atoms with Crippen LogP contribution in [0, 0.1) is 12.3 Å². The number of aromatic nitrogens is 1. The molecule has 1 aromatic heterocycles. The van der Waals surface area contributed by atoms with Gasteiger partial charge >= 0.3 is 17.9 Å². The van der Waals surface area contributed by atoms with Gasteiger partial charge in [0.1, 0.15) is 12.4 Å². The fourth-order valence-corrected chi connectivity index (χ4v) is 4.92. The van der Waals surface area contributed by atoms with Crippen molar-refractivity contribution >= 4 is 23.2 Å². The highest BCUT2D eigenvalue weighted by atomic mass is 19.4. The number of urea groups is 1. The Kier molecular flexibility index (Phi) is 5.48. The molecule has 192 valence electrons. The number of nitrogens with one attached hydrogen (secondary N) is 1. The van der Waals surface area contributed by atoms with E-state index in [0.717, 1.165) is 18.7 Å². The quantitative estimate of drug-likeness (QED) is 0.448. The van der Waals surface area contributed by atoms with Crippen molar-refractivity contribution in [2.24, 2.45) is 10.2 Å². The molecule has 0 spiro atoms. The van der Waals surface area contributed by atoms with Crippen LogP contribution in [0.2, 0.25) is 0 Å². The number of alkyl halides is 3. The van der Waals surface area contributed by atoms with Gasteiger partial charge in [0.15, 0.2) is 5.82 Å². The van der Waals surface area contributed by atoms with E-state index in [-0.39, 0.29) is 24.2 Å². The average Bonchev–Trinajstić information content (AvgIpc) is 3.64. The number of hydrogen-bond acceptors (Lipinski definition) is 6. The molecule has 2 aromatic carbocycles. The number of carbonyl (C=O) groups excluding carboxylic acids is 1. The van der Waals surface area contributed by atoms with Crippen molar-refractivity contribution in [3.63, 3.8) is 0 Å². The van der Waals surface area contributed by atoms with Gasteiger partial charge in [0.25, 0.3) is 0 Å². The maximum atomic E-state index is 13.5. The second-order valence-corrected chi connectivity index (χ2v) is 9.20. The standard InChI is InChI=1S/C27H21F3N6O2/c1-2-14-38-21-5-3-4-19(15-21)31-25(37)36-20-12-13-35(16-20)23-11-10-22(32-24(23)36)17-6-8-18(9-7-17)26(33-34-26)27(28,29)30/h1,3-11,15,20H,12-14,16H2,(H,31,37)/t20-/m0/s1. The first-order valence-electron chi connectivity index (χ1n) is 11.9. The fourth-order valence-electron chi connectivity index (χ4n) is 4.92. The first-order valence-corrected chi connectivity index (χ1v) is 11.9. The number of hydrogen-bond donors (Lipinski definition) is 1. The highest BCUT2D eigenvalue weighted by molar-refractivity contribution is 6.04. The van der Waals surface area contributed by atoms with Crippen LogP contribution in [0.25, 0.3) is 11.3 Å². The number of nitrogens with zero attached hydrogens (tertiary/aromatic N) is 5. The van der Waals surface area contributed by atoms with Crippen molar-refractivity contribution in [3.8, 4) is 29.4 Å².